The molecule has 5 nitrogen and oxygen atoms in total. The average molecular weight is 329 g/mol. The highest BCUT2D eigenvalue weighted by Gasteiger charge is 2.71. The fourth-order valence-corrected chi connectivity index (χ4v) is 5.40. The molecule has 2 rings (SSSR count). The number of benzene rings is 1. The Morgan fingerprint density at radius 2 is 1.90 bits per heavy atom. The van der Waals surface area contributed by atoms with Crippen LogP contribution in [0.5, 0.6) is 5.75 Å². The SMILES string of the molecule is COCC1(C(N)=S)C(c2ccc(OC)cc2)C1S(C)(=O)=O. The normalized spacial score (nSPS) is 28.1. The fraction of sp³-hybridized carbons (Fsp3) is 0.500. The summed E-state index contributed by atoms with van der Waals surface area (Å²) < 4.78 is 34.5. The number of sulfone groups is 1. The summed E-state index contributed by atoms with van der Waals surface area (Å²) >= 11 is 5.14. The number of ether oxygens (including phenoxy) is 2. The van der Waals surface area contributed by atoms with Crippen molar-refractivity contribution in [3.8, 4) is 5.75 Å². The number of thiocarbonyl (C=S) groups is 1. The lowest BCUT2D eigenvalue weighted by Crippen LogP contribution is -2.32. The van der Waals surface area contributed by atoms with Crippen LogP contribution in [0.2, 0.25) is 0 Å². The Bertz CT molecular complexity index is 641. The molecule has 21 heavy (non-hydrogen) atoms. The second kappa shape index (κ2) is 5.55. The van der Waals surface area contributed by atoms with Crippen molar-refractivity contribution < 1.29 is 17.9 Å². The first-order valence-electron chi connectivity index (χ1n) is 6.40. The van der Waals surface area contributed by atoms with Crippen LogP contribution in [0.15, 0.2) is 24.3 Å². The van der Waals surface area contributed by atoms with Gasteiger partial charge in [-0.05, 0) is 17.7 Å². The highest BCUT2D eigenvalue weighted by Crippen LogP contribution is 2.63. The quantitative estimate of drug-likeness (QED) is 0.788. The van der Waals surface area contributed by atoms with Gasteiger partial charge in [0.2, 0.25) is 0 Å². The van der Waals surface area contributed by atoms with Crippen molar-refractivity contribution in [3.05, 3.63) is 29.8 Å². The second-order valence-corrected chi connectivity index (χ2v) is 7.95. The molecule has 2 N–H and O–H groups in total. The Morgan fingerprint density at radius 3 is 2.29 bits per heavy atom. The maximum absolute atomic E-state index is 12.1. The van der Waals surface area contributed by atoms with Gasteiger partial charge in [-0.3, -0.25) is 0 Å². The first-order valence-corrected chi connectivity index (χ1v) is 8.77. The van der Waals surface area contributed by atoms with Gasteiger partial charge >= 0.3 is 0 Å². The molecule has 1 aliphatic rings. The van der Waals surface area contributed by atoms with Crippen molar-refractivity contribution >= 4 is 27.0 Å². The predicted octanol–water partition coefficient (Wildman–Crippen LogP) is 1.12. The van der Waals surface area contributed by atoms with Crippen molar-refractivity contribution in [2.75, 3.05) is 27.1 Å². The number of hydrogen-bond acceptors (Lipinski definition) is 5. The lowest BCUT2D eigenvalue weighted by molar-refractivity contribution is 0.166. The highest BCUT2D eigenvalue weighted by molar-refractivity contribution is 7.92. The van der Waals surface area contributed by atoms with E-state index in [4.69, 9.17) is 27.4 Å². The van der Waals surface area contributed by atoms with Crippen LogP contribution in [0, 0.1) is 5.41 Å². The van der Waals surface area contributed by atoms with Gasteiger partial charge in [-0.25, -0.2) is 8.42 Å². The molecule has 1 fully saturated rings. The molecule has 0 aliphatic heterocycles. The van der Waals surface area contributed by atoms with Crippen molar-refractivity contribution in [1.82, 2.24) is 0 Å². The molecule has 0 amide bonds. The van der Waals surface area contributed by atoms with Crippen LogP contribution in [0.25, 0.3) is 0 Å². The molecule has 1 aliphatic carbocycles. The second-order valence-electron chi connectivity index (χ2n) is 5.34. The summed E-state index contributed by atoms with van der Waals surface area (Å²) in [6, 6.07) is 7.28. The van der Waals surface area contributed by atoms with Crippen LogP contribution in [-0.4, -0.2) is 45.7 Å². The number of nitrogens with two attached hydrogens (primary N) is 1. The predicted molar refractivity (Wildman–Crippen MR) is 85.5 cm³/mol. The third-order valence-corrected chi connectivity index (χ3v) is 6.03. The third-order valence-electron chi connectivity index (χ3n) is 4.03. The van der Waals surface area contributed by atoms with Crippen LogP contribution < -0.4 is 10.5 Å². The molecule has 0 bridgehead atoms. The van der Waals surface area contributed by atoms with Gasteiger partial charge in [-0.15, -0.1) is 0 Å². The molecule has 7 heteroatoms. The zero-order valence-electron chi connectivity index (χ0n) is 12.2. The molecule has 0 spiro atoms. The number of rotatable bonds is 6. The number of methoxy groups -OCH3 is 2. The summed E-state index contributed by atoms with van der Waals surface area (Å²) in [5, 5.41) is -0.643. The van der Waals surface area contributed by atoms with Crippen molar-refractivity contribution in [2.45, 2.75) is 11.2 Å². The Hall–Kier alpha value is -1.18. The summed E-state index contributed by atoms with van der Waals surface area (Å²) in [4.78, 5) is 0.181. The summed E-state index contributed by atoms with van der Waals surface area (Å²) in [7, 11) is -0.201. The van der Waals surface area contributed by atoms with E-state index in [1.54, 1.807) is 19.2 Å². The molecule has 1 aromatic rings. The highest BCUT2D eigenvalue weighted by atomic mass is 32.2. The smallest absolute Gasteiger partial charge is 0.152 e. The van der Waals surface area contributed by atoms with Gasteiger partial charge in [-0.1, -0.05) is 24.4 Å². The molecule has 3 unspecified atom stereocenters. The topological polar surface area (TPSA) is 78.6 Å². The van der Waals surface area contributed by atoms with Crippen LogP contribution in [0.1, 0.15) is 11.5 Å². The minimum Gasteiger partial charge on any atom is -0.497 e. The molecular weight excluding hydrogens is 310 g/mol. The maximum atomic E-state index is 12.1. The average Bonchev–Trinajstić information content (AvgIpc) is 3.10. The maximum Gasteiger partial charge on any atom is 0.152 e. The van der Waals surface area contributed by atoms with Gasteiger partial charge in [0.25, 0.3) is 0 Å². The third kappa shape index (κ3) is 2.65. The molecular formula is C14H19NO4S2. The Labute approximate surface area is 130 Å². The Morgan fingerprint density at radius 1 is 1.33 bits per heavy atom. The molecule has 0 radical (unpaired) electrons. The van der Waals surface area contributed by atoms with E-state index in [0.29, 0.717) is 5.75 Å². The van der Waals surface area contributed by atoms with Gasteiger partial charge < -0.3 is 15.2 Å². The molecule has 0 heterocycles. The largest absolute Gasteiger partial charge is 0.497 e. The van der Waals surface area contributed by atoms with E-state index in [1.807, 2.05) is 12.1 Å². The first kappa shape index (κ1) is 16.2. The van der Waals surface area contributed by atoms with Gasteiger partial charge in [0, 0.05) is 19.3 Å². The lowest BCUT2D eigenvalue weighted by atomic mass is 10.00. The molecule has 116 valence electrons. The van der Waals surface area contributed by atoms with E-state index in [1.165, 1.54) is 13.4 Å². The van der Waals surface area contributed by atoms with E-state index in [2.05, 4.69) is 0 Å². The van der Waals surface area contributed by atoms with E-state index in [0.717, 1.165) is 5.56 Å². The summed E-state index contributed by atoms with van der Waals surface area (Å²) in [5.41, 5.74) is 5.90. The molecule has 0 saturated heterocycles. The Kier molecular flexibility index (Phi) is 4.28. The minimum absolute atomic E-state index is 0.181. The zero-order valence-corrected chi connectivity index (χ0v) is 13.8. The number of hydrogen-bond donors (Lipinski definition) is 1. The standard InChI is InChI=1S/C14H19NO4S2/c1-18-8-14(13(15)20)11(12(14)21(3,16)17)9-4-6-10(19-2)7-5-9/h4-7,11-12H,8H2,1-3H3,(H2,15,20). The van der Waals surface area contributed by atoms with Crippen molar-refractivity contribution in [2.24, 2.45) is 11.1 Å². The van der Waals surface area contributed by atoms with E-state index >= 15 is 0 Å². The summed E-state index contributed by atoms with van der Waals surface area (Å²) in [5.74, 6) is 0.429. The van der Waals surface area contributed by atoms with E-state index in [9.17, 15) is 8.42 Å². The molecule has 3 atom stereocenters. The van der Waals surface area contributed by atoms with Crippen LogP contribution in [-0.2, 0) is 14.6 Å². The Balaban J connectivity index is 2.46. The van der Waals surface area contributed by atoms with Crippen LogP contribution >= 0.6 is 12.2 Å². The molecule has 1 saturated carbocycles. The van der Waals surface area contributed by atoms with Crippen molar-refractivity contribution in [1.29, 1.82) is 0 Å². The van der Waals surface area contributed by atoms with Crippen molar-refractivity contribution in [3.63, 3.8) is 0 Å². The fourth-order valence-electron chi connectivity index (χ4n) is 3.09. The first-order chi connectivity index (χ1) is 9.79. The monoisotopic (exact) mass is 329 g/mol. The van der Waals surface area contributed by atoms with E-state index in [-0.39, 0.29) is 17.5 Å². The summed E-state index contributed by atoms with van der Waals surface area (Å²) in [6.45, 7) is 0.191. The van der Waals surface area contributed by atoms with Gasteiger partial charge in [-0.2, -0.15) is 0 Å². The minimum atomic E-state index is -3.30. The lowest BCUT2D eigenvalue weighted by Gasteiger charge is -2.15. The summed E-state index contributed by atoms with van der Waals surface area (Å²) in [6.07, 6.45) is 1.21. The van der Waals surface area contributed by atoms with Crippen LogP contribution in [0.3, 0.4) is 0 Å². The molecule has 1 aromatic carbocycles. The zero-order chi connectivity index (χ0) is 15.8. The van der Waals surface area contributed by atoms with Gasteiger partial charge in [0.1, 0.15) is 5.75 Å². The van der Waals surface area contributed by atoms with Gasteiger partial charge in [0.05, 0.1) is 29.4 Å². The van der Waals surface area contributed by atoms with Gasteiger partial charge in [0.15, 0.2) is 9.84 Å². The molecule has 0 aromatic heterocycles. The van der Waals surface area contributed by atoms with E-state index < -0.39 is 20.5 Å². The van der Waals surface area contributed by atoms with Crippen LogP contribution in [0.4, 0.5) is 0 Å².